The van der Waals surface area contributed by atoms with Crippen LogP contribution in [0, 0.1) is 0 Å². The molecular formula is C26H23BrN6O2. The normalized spacial score (nSPS) is 14.6. The lowest BCUT2D eigenvalue weighted by atomic mass is 10.0. The van der Waals surface area contributed by atoms with E-state index < -0.39 is 0 Å². The highest BCUT2D eigenvalue weighted by Crippen LogP contribution is 2.32. The van der Waals surface area contributed by atoms with Crippen LogP contribution in [0.3, 0.4) is 0 Å². The molecule has 35 heavy (non-hydrogen) atoms. The highest BCUT2D eigenvalue weighted by atomic mass is 79.9. The van der Waals surface area contributed by atoms with Gasteiger partial charge in [0, 0.05) is 41.7 Å². The number of fused-ring (bicyclic) bond motifs is 2. The monoisotopic (exact) mass is 530 g/mol. The minimum atomic E-state index is 0.0313. The summed E-state index contributed by atoms with van der Waals surface area (Å²) in [6, 6.07) is 19.1. The van der Waals surface area contributed by atoms with Crippen LogP contribution in [0.25, 0.3) is 27.8 Å². The van der Waals surface area contributed by atoms with Gasteiger partial charge < -0.3 is 20.3 Å². The van der Waals surface area contributed by atoms with Crippen LogP contribution < -0.4 is 5.32 Å². The fourth-order valence-electron chi connectivity index (χ4n) is 4.66. The van der Waals surface area contributed by atoms with Gasteiger partial charge in [0.25, 0.3) is 5.91 Å². The molecule has 9 heteroatoms. The SMILES string of the molecule is O=C(c1cc2ccccc2[nH]1)N1CCC(Nc2cc(-c3ccccc3O)nc3c(Br)cnn23)CC1. The molecule has 3 N–H and O–H groups in total. The van der Waals surface area contributed by atoms with Gasteiger partial charge in [0.2, 0.25) is 0 Å². The number of nitrogens with one attached hydrogen (secondary N) is 2. The molecule has 2 aromatic carbocycles. The Morgan fingerprint density at radius 3 is 2.66 bits per heavy atom. The van der Waals surface area contributed by atoms with Crippen molar-refractivity contribution in [1.82, 2.24) is 24.5 Å². The van der Waals surface area contributed by atoms with E-state index in [0.717, 1.165) is 34.0 Å². The molecule has 1 fully saturated rings. The molecule has 0 radical (unpaired) electrons. The van der Waals surface area contributed by atoms with Crippen LogP contribution in [0.2, 0.25) is 0 Å². The van der Waals surface area contributed by atoms with Gasteiger partial charge in [-0.1, -0.05) is 30.3 Å². The van der Waals surface area contributed by atoms with Crippen molar-refractivity contribution >= 4 is 44.2 Å². The lowest BCUT2D eigenvalue weighted by Crippen LogP contribution is -2.42. The number of piperidine rings is 1. The zero-order valence-electron chi connectivity index (χ0n) is 18.8. The van der Waals surface area contributed by atoms with Crippen molar-refractivity contribution in [1.29, 1.82) is 0 Å². The molecule has 1 aliphatic rings. The quantitative estimate of drug-likeness (QED) is 0.301. The van der Waals surface area contributed by atoms with Crippen molar-refractivity contribution < 1.29 is 9.90 Å². The van der Waals surface area contributed by atoms with Gasteiger partial charge in [-0.2, -0.15) is 9.61 Å². The van der Waals surface area contributed by atoms with Gasteiger partial charge >= 0.3 is 0 Å². The minimum absolute atomic E-state index is 0.0313. The largest absolute Gasteiger partial charge is 0.507 e. The number of H-pyrrole nitrogens is 1. The molecule has 6 rings (SSSR count). The Kier molecular flexibility index (Phi) is 5.41. The maximum Gasteiger partial charge on any atom is 0.270 e. The van der Waals surface area contributed by atoms with Crippen molar-refractivity contribution in [2.24, 2.45) is 0 Å². The van der Waals surface area contributed by atoms with Gasteiger partial charge in [-0.05, 0) is 53.0 Å². The average molecular weight is 531 g/mol. The number of likely N-dealkylation sites (tertiary alicyclic amines) is 1. The van der Waals surface area contributed by atoms with E-state index in [4.69, 9.17) is 4.98 Å². The number of aromatic hydroxyl groups is 1. The molecule has 1 saturated heterocycles. The number of benzene rings is 2. The molecule has 1 aliphatic heterocycles. The van der Waals surface area contributed by atoms with Gasteiger partial charge in [0.15, 0.2) is 5.65 Å². The zero-order chi connectivity index (χ0) is 23.9. The van der Waals surface area contributed by atoms with Crippen molar-refractivity contribution in [2.75, 3.05) is 18.4 Å². The summed E-state index contributed by atoms with van der Waals surface area (Å²) in [4.78, 5) is 22.9. The molecule has 4 heterocycles. The number of carbonyl (C=O) groups is 1. The average Bonchev–Trinajstić information content (AvgIpc) is 3.48. The summed E-state index contributed by atoms with van der Waals surface area (Å²) in [6.45, 7) is 1.32. The summed E-state index contributed by atoms with van der Waals surface area (Å²) in [6.07, 6.45) is 3.33. The summed E-state index contributed by atoms with van der Waals surface area (Å²) in [5.74, 6) is 0.998. The Balaban J connectivity index is 1.21. The fourth-order valence-corrected chi connectivity index (χ4v) is 5.01. The van der Waals surface area contributed by atoms with Crippen LogP contribution in [-0.2, 0) is 0 Å². The van der Waals surface area contributed by atoms with Gasteiger partial charge in [0.1, 0.15) is 17.3 Å². The third kappa shape index (κ3) is 4.01. The first-order valence-electron chi connectivity index (χ1n) is 11.5. The summed E-state index contributed by atoms with van der Waals surface area (Å²) < 4.78 is 2.53. The Hall–Kier alpha value is -3.85. The number of para-hydroxylation sites is 2. The number of anilines is 1. The number of nitrogens with zero attached hydrogens (tertiary/aromatic N) is 4. The highest BCUT2D eigenvalue weighted by Gasteiger charge is 2.25. The Morgan fingerprint density at radius 1 is 1.09 bits per heavy atom. The van der Waals surface area contributed by atoms with Crippen LogP contribution >= 0.6 is 15.9 Å². The molecule has 176 valence electrons. The first-order valence-corrected chi connectivity index (χ1v) is 12.3. The summed E-state index contributed by atoms with van der Waals surface area (Å²) >= 11 is 3.53. The number of rotatable bonds is 4. The van der Waals surface area contributed by atoms with Crippen LogP contribution in [-0.4, -0.2) is 54.6 Å². The minimum Gasteiger partial charge on any atom is -0.507 e. The van der Waals surface area contributed by atoms with Gasteiger partial charge in [-0.3, -0.25) is 4.79 Å². The number of hydrogen-bond donors (Lipinski definition) is 3. The van der Waals surface area contributed by atoms with E-state index in [1.807, 2.05) is 53.4 Å². The second-order valence-electron chi connectivity index (χ2n) is 8.75. The number of hydrogen-bond acceptors (Lipinski definition) is 5. The molecule has 8 nitrogen and oxygen atoms in total. The Labute approximate surface area is 209 Å². The van der Waals surface area contributed by atoms with Crippen molar-refractivity contribution in [3.05, 3.63) is 77.0 Å². The molecular weight excluding hydrogens is 508 g/mol. The summed E-state index contributed by atoms with van der Waals surface area (Å²) in [7, 11) is 0. The summed E-state index contributed by atoms with van der Waals surface area (Å²) in [5.41, 5.74) is 3.58. The van der Waals surface area contributed by atoms with E-state index in [1.165, 1.54) is 0 Å². The molecule has 1 amide bonds. The van der Waals surface area contributed by atoms with Crippen LogP contribution in [0.4, 0.5) is 5.82 Å². The molecule has 0 aliphatic carbocycles. The standard InChI is InChI=1S/C26H23BrN6O2/c27-19-15-28-33-24(14-21(31-25(19)33)18-6-2-4-8-23(18)34)29-17-9-11-32(12-10-17)26(35)22-13-16-5-1-3-7-20(16)30-22/h1-8,13-15,17,29-30,34H,9-12H2. The first-order chi connectivity index (χ1) is 17.1. The third-order valence-corrected chi connectivity index (χ3v) is 7.06. The van der Waals surface area contributed by atoms with Crippen molar-refractivity contribution in [3.63, 3.8) is 0 Å². The molecule has 0 unspecified atom stereocenters. The van der Waals surface area contributed by atoms with E-state index in [0.29, 0.717) is 35.7 Å². The molecule has 0 spiro atoms. The number of carbonyl (C=O) groups excluding carboxylic acids is 1. The second-order valence-corrected chi connectivity index (χ2v) is 9.61. The third-order valence-electron chi connectivity index (χ3n) is 6.50. The van der Waals surface area contributed by atoms with E-state index >= 15 is 0 Å². The van der Waals surface area contributed by atoms with Gasteiger partial charge in [-0.25, -0.2) is 4.98 Å². The number of aromatic amines is 1. The highest BCUT2D eigenvalue weighted by molar-refractivity contribution is 9.10. The zero-order valence-corrected chi connectivity index (χ0v) is 20.4. The Morgan fingerprint density at radius 2 is 1.86 bits per heavy atom. The molecule has 0 bridgehead atoms. The van der Waals surface area contributed by atoms with Crippen LogP contribution in [0.15, 0.2) is 71.3 Å². The lowest BCUT2D eigenvalue weighted by molar-refractivity contribution is 0.0713. The van der Waals surface area contributed by atoms with E-state index in [9.17, 15) is 9.90 Å². The molecule has 3 aromatic heterocycles. The maximum atomic E-state index is 13.1. The van der Waals surface area contributed by atoms with Gasteiger partial charge in [-0.15, -0.1) is 0 Å². The number of halogens is 1. The number of phenolic OH excluding ortho intramolecular Hbond substituents is 1. The van der Waals surface area contributed by atoms with E-state index in [2.05, 4.69) is 31.3 Å². The molecule has 0 saturated carbocycles. The van der Waals surface area contributed by atoms with Gasteiger partial charge in [0.05, 0.1) is 16.4 Å². The number of aromatic nitrogens is 4. The smallest absolute Gasteiger partial charge is 0.270 e. The topological polar surface area (TPSA) is 98.5 Å². The second kappa shape index (κ2) is 8.74. The molecule has 0 atom stereocenters. The first kappa shape index (κ1) is 21.7. The van der Waals surface area contributed by atoms with Crippen LogP contribution in [0.1, 0.15) is 23.3 Å². The number of phenols is 1. The van der Waals surface area contributed by atoms with Crippen molar-refractivity contribution in [3.8, 4) is 17.0 Å². The maximum absolute atomic E-state index is 13.1. The van der Waals surface area contributed by atoms with Crippen LogP contribution in [0.5, 0.6) is 5.75 Å². The van der Waals surface area contributed by atoms with Crippen molar-refractivity contribution in [2.45, 2.75) is 18.9 Å². The lowest BCUT2D eigenvalue weighted by Gasteiger charge is -2.32. The predicted molar refractivity (Wildman–Crippen MR) is 139 cm³/mol. The van der Waals surface area contributed by atoms with E-state index in [-0.39, 0.29) is 17.7 Å². The Bertz CT molecular complexity index is 1520. The fraction of sp³-hybridized carbons (Fsp3) is 0.192. The summed E-state index contributed by atoms with van der Waals surface area (Å²) in [5, 5.41) is 19.5. The predicted octanol–water partition coefficient (Wildman–Crippen LogP) is 5.06. The van der Waals surface area contributed by atoms with E-state index in [1.54, 1.807) is 22.8 Å². The molecule has 5 aromatic rings. The number of amides is 1.